The van der Waals surface area contributed by atoms with E-state index in [9.17, 15) is 9.59 Å². The molecule has 0 amide bonds. The SMILES string of the molecule is CCC(=O)CCC(CC(=O)c1ccccc1)c1ccc(OC)cc1. The molecule has 0 radical (unpaired) electrons. The van der Waals surface area contributed by atoms with E-state index >= 15 is 0 Å². The van der Waals surface area contributed by atoms with E-state index in [4.69, 9.17) is 4.74 Å². The molecule has 0 aliphatic rings. The standard InChI is InChI=1S/C21H24O3/c1-3-19(22)12-9-18(16-10-13-20(24-2)14-11-16)15-21(23)17-7-5-4-6-8-17/h4-8,10-11,13-14,18H,3,9,12,15H2,1-2H3. The smallest absolute Gasteiger partial charge is 0.163 e. The Bertz CT molecular complexity index is 659. The Morgan fingerprint density at radius 3 is 2.25 bits per heavy atom. The first-order valence-electron chi connectivity index (χ1n) is 8.38. The minimum atomic E-state index is 0.0408. The van der Waals surface area contributed by atoms with Crippen molar-refractivity contribution in [1.82, 2.24) is 0 Å². The van der Waals surface area contributed by atoms with Crippen LogP contribution in [0.1, 0.15) is 54.4 Å². The van der Waals surface area contributed by atoms with Gasteiger partial charge in [-0.1, -0.05) is 49.4 Å². The van der Waals surface area contributed by atoms with Gasteiger partial charge in [0, 0.05) is 24.8 Å². The van der Waals surface area contributed by atoms with Crippen molar-refractivity contribution in [3.05, 3.63) is 65.7 Å². The summed E-state index contributed by atoms with van der Waals surface area (Å²) in [5, 5.41) is 0. The molecule has 24 heavy (non-hydrogen) atoms. The first-order valence-corrected chi connectivity index (χ1v) is 8.38. The lowest BCUT2D eigenvalue weighted by atomic mass is 9.87. The highest BCUT2D eigenvalue weighted by atomic mass is 16.5. The summed E-state index contributed by atoms with van der Waals surface area (Å²) in [7, 11) is 1.63. The summed E-state index contributed by atoms with van der Waals surface area (Å²) in [5.41, 5.74) is 1.79. The quantitative estimate of drug-likeness (QED) is 0.622. The maximum atomic E-state index is 12.6. The van der Waals surface area contributed by atoms with Crippen LogP contribution in [0.5, 0.6) is 5.75 Å². The molecule has 1 unspecified atom stereocenters. The molecule has 126 valence electrons. The molecule has 0 saturated heterocycles. The monoisotopic (exact) mass is 324 g/mol. The number of Topliss-reactive ketones (excluding diaryl/α,β-unsaturated/α-hetero) is 2. The Morgan fingerprint density at radius 1 is 1.00 bits per heavy atom. The molecule has 0 fully saturated rings. The van der Waals surface area contributed by atoms with Crippen LogP contribution in [-0.4, -0.2) is 18.7 Å². The number of hydrogen-bond donors (Lipinski definition) is 0. The average molecular weight is 324 g/mol. The highest BCUT2D eigenvalue weighted by Gasteiger charge is 2.18. The highest BCUT2D eigenvalue weighted by molar-refractivity contribution is 5.96. The van der Waals surface area contributed by atoms with E-state index in [1.807, 2.05) is 61.5 Å². The molecule has 0 saturated carbocycles. The fourth-order valence-corrected chi connectivity index (χ4v) is 2.74. The topological polar surface area (TPSA) is 43.4 Å². The number of carbonyl (C=O) groups excluding carboxylic acids is 2. The maximum absolute atomic E-state index is 12.6. The summed E-state index contributed by atoms with van der Waals surface area (Å²) in [6, 6.07) is 17.1. The summed E-state index contributed by atoms with van der Waals surface area (Å²) in [6.45, 7) is 1.87. The van der Waals surface area contributed by atoms with Crippen molar-refractivity contribution in [2.75, 3.05) is 7.11 Å². The van der Waals surface area contributed by atoms with Gasteiger partial charge in [0.15, 0.2) is 5.78 Å². The van der Waals surface area contributed by atoms with Gasteiger partial charge >= 0.3 is 0 Å². The molecule has 1 atom stereocenters. The second kappa shape index (κ2) is 9.02. The number of hydrogen-bond acceptors (Lipinski definition) is 3. The molecule has 0 aliphatic heterocycles. The molecule has 0 N–H and O–H groups in total. The Hall–Kier alpha value is -2.42. The highest BCUT2D eigenvalue weighted by Crippen LogP contribution is 2.28. The lowest BCUT2D eigenvalue weighted by Gasteiger charge is -2.17. The average Bonchev–Trinajstić information content (AvgIpc) is 2.65. The molecular weight excluding hydrogens is 300 g/mol. The van der Waals surface area contributed by atoms with Crippen LogP contribution in [0, 0.1) is 0 Å². The number of carbonyl (C=O) groups is 2. The van der Waals surface area contributed by atoms with E-state index in [2.05, 4.69) is 0 Å². The Balaban J connectivity index is 2.15. The second-order valence-electron chi connectivity index (χ2n) is 5.89. The van der Waals surface area contributed by atoms with Crippen molar-refractivity contribution >= 4 is 11.6 Å². The molecule has 0 spiro atoms. The van der Waals surface area contributed by atoms with Crippen LogP contribution in [-0.2, 0) is 4.79 Å². The molecule has 0 bridgehead atoms. The summed E-state index contributed by atoms with van der Waals surface area (Å²) in [5.74, 6) is 1.18. The van der Waals surface area contributed by atoms with Crippen LogP contribution in [0.2, 0.25) is 0 Å². The van der Waals surface area contributed by atoms with Crippen molar-refractivity contribution in [3.8, 4) is 5.75 Å². The normalized spacial score (nSPS) is 11.8. The fraction of sp³-hybridized carbons (Fsp3) is 0.333. The van der Waals surface area contributed by atoms with Gasteiger partial charge in [-0.15, -0.1) is 0 Å². The molecule has 0 heterocycles. The van der Waals surface area contributed by atoms with Crippen molar-refractivity contribution in [2.24, 2.45) is 0 Å². The zero-order valence-corrected chi connectivity index (χ0v) is 14.3. The third kappa shape index (κ3) is 5.05. The van der Waals surface area contributed by atoms with E-state index in [1.165, 1.54) is 0 Å². The van der Waals surface area contributed by atoms with Gasteiger partial charge in [-0.05, 0) is 30.0 Å². The molecule has 3 heteroatoms. The lowest BCUT2D eigenvalue weighted by Crippen LogP contribution is -2.10. The lowest BCUT2D eigenvalue weighted by molar-refractivity contribution is -0.118. The molecule has 0 aromatic heterocycles. The van der Waals surface area contributed by atoms with Gasteiger partial charge in [-0.2, -0.15) is 0 Å². The van der Waals surface area contributed by atoms with Crippen LogP contribution in [0.25, 0.3) is 0 Å². The van der Waals surface area contributed by atoms with Gasteiger partial charge in [0.2, 0.25) is 0 Å². The first-order chi connectivity index (χ1) is 11.6. The number of ketones is 2. The number of methoxy groups -OCH3 is 1. The van der Waals surface area contributed by atoms with Gasteiger partial charge in [-0.3, -0.25) is 9.59 Å². The van der Waals surface area contributed by atoms with Gasteiger partial charge in [0.25, 0.3) is 0 Å². The first kappa shape index (κ1) is 17.9. The summed E-state index contributed by atoms with van der Waals surface area (Å²) in [4.78, 5) is 24.3. The second-order valence-corrected chi connectivity index (χ2v) is 5.89. The van der Waals surface area contributed by atoms with E-state index in [-0.39, 0.29) is 17.5 Å². The predicted molar refractivity (Wildman–Crippen MR) is 95.7 cm³/mol. The van der Waals surface area contributed by atoms with E-state index < -0.39 is 0 Å². The van der Waals surface area contributed by atoms with Crippen molar-refractivity contribution in [3.63, 3.8) is 0 Å². The predicted octanol–water partition coefficient (Wildman–Crippen LogP) is 4.81. The Labute approximate surface area is 143 Å². The third-order valence-electron chi connectivity index (χ3n) is 4.28. The van der Waals surface area contributed by atoms with E-state index in [0.717, 1.165) is 16.9 Å². The summed E-state index contributed by atoms with van der Waals surface area (Å²) >= 11 is 0. The zero-order valence-electron chi connectivity index (χ0n) is 14.3. The molecular formula is C21H24O3. The van der Waals surface area contributed by atoms with Gasteiger partial charge < -0.3 is 4.74 Å². The largest absolute Gasteiger partial charge is 0.497 e. The van der Waals surface area contributed by atoms with Gasteiger partial charge in [0.1, 0.15) is 11.5 Å². The van der Waals surface area contributed by atoms with Crippen LogP contribution in [0.4, 0.5) is 0 Å². The van der Waals surface area contributed by atoms with Crippen molar-refractivity contribution < 1.29 is 14.3 Å². The summed E-state index contributed by atoms with van der Waals surface area (Å²) < 4.78 is 5.19. The minimum Gasteiger partial charge on any atom is -0.497 e. The fourth-order valence-electron chi connectivity index (χ4n) is 2.74. The van der Waals surface area contributed by atoms with Gasteiger partial charge in [0.05, 0.1) is 7.11 Å². The van der Waals surface area contributed by atoms with E-state index in [0.29, 0.717) is 25.7 Å². The Morgan fingerprint density at radius 2 is 1.67 bits per heavy atom. The molecule has 2 aromatic rings. The number of rotatable bonds is 9. The number of ether oxygens (including phenoxy) is 1. The Kier molecular flexibility index (Phi) is 6.74. The van der Waals surface area contributed by atoms with E-state index in [1.54, 1.807) is 7.11 Å². The van der Waals surface area contributed by atoms with Crippen LogP contribution < -0.4 is 4.74 Å². The van der Waals surface area contributed by atoms with Crippen LogP contribution in [0.15, 0.2) is 54.6 Å². The molecule has 3 nitrogen and oxygen atoms in total. The molecule has 0 aliphatic carbocycles. The maximum Gasteiger partial charge on any atom is 0.163 e. The van der Waals surface area contributed by atoms with Gasteiger partial charge in [-0.25, -0.2) is 0 Å². The van der Waals surface area contributed by atoms with Crippen LogP contribution >= 0.6 is 0 Å². The minimum absolute atomic E-state index is 0.0408. The number of benzene rings is 2. The molecule has 2 aromatic carbocycles. The molecule has 2 rings (SSSR count). The van der Waals surface area contributed by atoms with Crippen LogP contribution in [0.3, 0.4) is 0 Å². The van der Waals surface area contributed by atoms with Crippen molar-refractivity contribution in [2.45, 2.75) is 38.5 Å². The van der Waals surface area contributed by atoms with Crippen molar-refractivity contribution in [1.29, 1.82) is 0 Å². The summed E-state index contributed by atoms with van der Waals surface area (Å²) in [6.07, 6.45) is 2.15. The zero-order chi connectivity index (χ0) is 17.4. The third-order valence-corrected chi connectivity index (χ3v) is 4.28.